The van der Waals surface area contributed by atoms with Crippen molar-refractivity contribution in [1.82, 2.24) is 0 Å². The molecule has 0 radical (unpaired) electrons. The van der Waals surface area contributed by atoms with Crippen LogP contribution in [0.2, 0.25) is 0 Å². The standard InChI is InChI=1S/C21H24O2/c1-2-9-21(22)20(15-14-18-10-5-3-6-11-18)17-23-16-19-12-7-4-8-13-19/h2-8,10-15,20-22H,1,9,16-17H2/b15-14+/t20?,21-/m0/s1. The summed E-state index contributed by atoms with van der Waals surface area (Å²) in [7, 11) is 0. The summed E-state index contributed by atoms with van der Waals surface area (Å²) in [5, 5.41) is 10.3. The molecule has 0 spiro atoms. The fourth-order valence-electron chi connectivity index (χ4n) is 2.33. The van der Waals surface area contributed by atoms with Crippen LogP contribution in [0.4, 0.5) is 0 Å². The van der Waals surface area contributed by atoms with E-state index in [9.17, 15) is 5.11 Å². The van der Waals surface area contributed by atoms with Gasteiger partial charge in [0.05, 0.1) is 19.3 Å². The molecule has 0 saturated heterocycles. The fourth-order valence-corrected chi connectivity index (χ4v) is 2.33. The second-order valence-corrected chi connectivity index (χ2v) is 5.53. The van der Waals surface area contributed by atoms with Crippen LogP contribution in [0.3, 0.4) is 0 Å². The third-order valence-corrected chi connectivity index (χ3v) is 3.66. The molecule has 2 aromatic carbocycles. The Labute approximate surface area is 138 Å². The van der Waals surface area contributed by atoms with E-state index >= 15 is 0 Å². The van der Waals surface area contributed by atoms with E-state index in [2.05, 4.69) is 6.58 Å². The zero-order valence-electron chi connectivity index (χ0n) is 13.3. The number of hydrogen-bond donors (Lipinski definition) is 1. The molecule has 120 valence electrons. The van der Waals surface area contributed by atoms with Gasteiger partial charge in [0, 0.05) is 5.92 Å². The SMILES string of the molecule is C=CC[C@H](O)C(/C=C/c1ccccc1)COCc1ccccc1. The van der Waals surface area contributed by atoms with Crippen LogP contribution < -0.4 is 0 Å². The molecule has 1 N–H and O–H groups in total. The number of aliphatic hydroxyl groups is 1. The van der Waals surface area contributed by atoms with E-state index in [1.165, 1.54) is 0 Å². The molecule has 0 aliphatic heterocycles. The molecule has 0 heterocycles. The van der Waals surface area contributed by atoms with Gasteiger partial charge >= 0.3 is 0 Å². The van der Waals surface area contributed by atoms with Gasteiger partial charge in [-0.25, -0.2) is 0 Å². The van der Waals surface area contributed by atoms with Crippen molar-refractivity contribution in [2.45, 2.75) is 19.1 Å². The van der Waals surface area contributed by atoms with Crippen LogP contribution in [-0.4, -0.2) is 17.8 Å². The number of rotatable bonds is 9. The first kappa shape index (κ1) is 17.2. The second kappa shape index (κ2) is 9.78. The molecule has 0 aliphatic rings. The minimum Gasteiger partial charge on any atom is -0.392 e. The molecule has 2 aromatic rings. The predicted molar refractivity (Wildman–Crippen MR) is 95.9 cm³/mol. The van der Waals surface area contributed by atoms with Gasteiger partial charge in [0.15, 0.2) is 0 Å². The molecule has 0 aromatic heterocycles. The summed E-state index contributed by atoms with van der Waals surface area (Å²) in [5.74, 6) is -0.0584. The van der Waals surface area contributed by atoms with E-state index in [1.54, 1.807) is 6.08 Å². The molecule has 23 heavy (non-hydrogen) atoms. The zero-order chi connectivity index (χ0) is 16.3. The highest BCUT2D eigenvalue weighted by atomic mass is 16.5. The van der Waals surface area contributed by atoms with Crippen LogP contribution in [0.5, 0.6) is 0 Å². The summed E-state index contributed by atoms with van der Waals surface area (Å²) in [6.07, 6.45) is 5.87. The first-order valence-electron chi connectivity index (χ1n) is 7.93. The molecular weight excluding hydrogens is 284 g/mol. The fraction of sp³-hybridized carbons (Fsp3) is 0.238. The summed E-state index contributed by atoms with van der Waals surface area (Å²) in [5.41, 5.74) is 2.25. The quantitative estimate of drug-likeness (QED) is 0.693. The summed E-state index contributed by atoms with van der Waals surface area (Å²) in [6, 6.07) is 20.1. The van der Waals surface area contributed by atoms with Crippen LogP contribution in [0.25, 0.3) is 6.08 Å². The lowest BCUT2D eigenvalue weighted by Crippen LogP contribution is -2.22. The number of benzene rings is 2. The van der Waals surface area contributed by atoms with E-state index < -0.39 is 6.10 Å². The van der Waals surface area contributed by atoms with Gasteiger partial charge in [-0.15, -0.1) is 6.58 Å². The zero-order valence-corrected chi connectivity index (χ0v) is 13.3. The highest BCUT2D eigenvalue weighted by Gasteiger charge is 2.15. The van der Waals surface area contributed by atoms with Crippen molar-refractivity contribution in [2.75, 3.05) is 6.61 Å². The van der Waals surface area contributed by atoms with E-state index in [0.29, 0.717) is 19.6 Å². The molecule has 0 saturated carbocycles. The largest absolute Gasteiger partial charge is 0.392 e. The Morgan fingerprint density at radius 3 is 2.30 bits per heavy atom. The Morgan fingerprint density at radius 1 is 1.00 bits per heavy atom. The van der Waals surface area contributed by atoms with Crippen LogP contribution in [0, 0.1) is 5.92 Å². The lowest BCUT2D eigenvalue weighted by molar-refractivity contribution is 0.0421. The first-order chi connectivity index (χ1) is 11.3. The minimum absolute atomic E-state index is 0.0584. The van der Waals surface area contributed by atoms with Gasteiger partial charge in [-0.1, -0.05) is 78.9 Å². The second-order valence-electron chi connectivity index (χ2n) is 5.53. The summed E-state index contributed by atoms with van der Waals surface area (Å²) >= 11 is 0. The van der Waals surface area contributed by atoms with Crippen molar-refractivity contribution in [3.05, 3.63) is 90.5 Å². The van der Waals surface area contributed by atoms with Gasteiger partial charge in [-0.05, 0) is 17.5 Å². The Morgan fingerprint density at radius 2 is 1.65 bits per heavy atom. The van der Waals surface area contributed by atoms with Gasteiger partial charge in [0.25, 0.3) is 0 Å². The molecule has 0 aliphatic carbocycles. The van der Waals surface area contributed by atoms with Crippen molar-refractivity contribution in [3.8, 4) is 0 Å². The van der Waals surface area contributed by atoms with Gasteiger partial charge in [-0.3, -0.25) is 0 Å². The normalized spacial score (nSPS) is 13.8. The molecule has 2 heteroatoms. The maximum absolute atomic E-state index is 10.3. The number of ether oxygens (including phenoxy) is 1. The highest BCUT2D eigenvalue weighted by Crippen LogP contribution is 2.14. The average Bonchev–Trinajstić information content (AvgIpc) is 2.60. The molecule has 2 nitrogen and oxygen atoms in total. The average molecular weight is 308 g/mol. The molecule has 0 fully saturated rings. The summed E-state index contributed by atoms with van der Waals surface area (Å²) in [4.78, 5) is 0. The van der Waals surface area contributed by atoms with E-state index in [1.807, 2.05) is 72.8 Å². The maximum Gasteiger partial charge on any atom is 0.0717 e. The molecule has 2 rings (SSSR count). The molecule has 1 unspecified atom stereocenters. The lowest BCUT2D eigenvalue weighted by Gasteiger charge is -2.19. The summed E-state index contributed by atoms with van der Waals surface area (Å²) in [6.45, 7) is 4.74. The van der Waals surface area contributed by atoms with Crippen LogP contribution in [0.1, 0.15) is 17.5 Å². The van der Waals surface area contributed by atoms with Crippen LogP contribution in [-0.2, 0) is 11.3 Å². The Hall–Kier alpha value is -2.16. The van der Waals surface area contributed by atoms with Crippen LogP contribution >= 0.6 is 0 Å². The Kier molecular flexibility index (Phi) is 7.31. The van der Waals surface area contributed by atoms with Crippen molar-refractivity contribution < 1.29 is 9.84 Å². The van der Waals surface area contributed by atoms with Crippen molar-refractivity contribution >= 4 is 6.08 Å². The third-order valence-electron chi connectivity index (χ3n) is 3.66. The van der Waals surface area contributed by atoms with Gasteiger partial charge in [0.2, 0.25) is 0 Å². The Bertz CT molecular complexity index is 590. The molecule has 2 atom stereocenters. The third kappa shape index (κ3) is 6.23. The van der Waals surface area contributed by atoms with Gasteiger partial charge < -0.3 is 9.84 Å². The van der Waals surface area contributed by atoms with Crippen molar-refractivity contribution in [3.63, 3.8) is 0 Å². The molecule has 0 bridgehead atoms. The smallest absolute Gasteiger partial charge is 0.0717 e. The van der Waals surface area contributed by atoms with E-state index in [0.717, 1.165) is 11.1 Å². The number of hydrogen-bond acceptors (Lipinski definition) is 2. The molecule has 0 amide bonds. The van der Waals surface area contributed by atoms with Crippen LogP contribution in [0.15, 0.2) is 79.4 Å². The van der Waals surface area contributed by atoms with E-state index in [4.69, 9.17) is 4.74 Å². The van der Waals surface area contributed by atoms with E-state index in [-0.39, 0.29) is 5.92 Å². The minimum atomic E-state index is -0.483. The first-order valence-corrected chi connectivity index (χ1v) is 7.93. The number of aliphatic hydroxyl groups excluding tert-OH is 1. The predicted octanol–water partition coefficient (Wildman–Crippen LogP) is 4.47. The van der Waals surface area contributed by atoms with Crippen molar-refractivity contribution in [1.29, 1.82) is 0 Å². The maximum atomic E-state index is 10.3. The van der Waals surface area contributed by atoms with Gasteiger partial charge in [-0.2, -0.15) is 0 Å². The Balaban J connectivity index is 1.93. The van der Waals surface area contributed by atoms with Crippen molar-refractivity contribution in [2.24, 2.45) is 5.92 Å². The highest BCUT2D eigenvalue weighted by molar-refractivity contribution is 5.49. The molecular formula is C21H24O2. The lowest BCUT2D eigenvalue weighted by atomic mass is 9.99. The monoisotopic (exact) mass is 308 g/mol. The van der Waals surface area contributed by atoms with Gasteiger partial charge in [0.1, 0.15) is 0 Å². The topological polar surface area (TPSA) is 29.5 Å². The summed E-state index contributed by atoms with van der Waals surface area (Å²) < 4.78 is 5.79.